The maximum Gasteiger partial charge on any atom is 0.0159 e. The first-order valence-electron chi connectivity index (χ1n) is 27.1. The van der Waals surface area contributed by atoms with Gasteiger partial charge in [0.25, 0.3) is 0 Å². The summed E-state index contributed by atoms with van der Waals surface area (Å²) in [6.07, 6.45) is 3.85. The summed E-state index contributed by atoms with van der Waals surface area (Å²) in [4.78, 5) is 0. The summed E-state index contributed by atoms with van der Waals surface area (Å²) in [7, 11) is 0. The Kier molecular flexibility index (Phi) is 8.85. The molecule has 0 amide bonds. The van der Waals surface area contributed by atoms with Gasteiger partial charge in [-0.15, -0.1) is 0 Å². The number of rotatable bonds is 5. The Morgan fingerprint density at radius 1 is 0.307 bits per heavy atom. The molecule has 0 nitrogen and oxygen atoms in total. The van der Waals surface area contributed by atoms with Crippen molar-refractivity contribution < 1.29 is 0 Å². The molecule has 2 unspecified atom stereocenters. The molecule has 12 aromatic carbocycles. The molecule has 0 aliphatic heterocycles. The molecule has 1 saturated carbocycles. The molecule has 12 aromatic rings. The van der Waals surface area contributed by atoms with Crippen molar-refractivity contribution in [3.8, 4) is 55.6 Å². The molecular weight excluding hydrogens is 901 g/mol. The van der Waals surface area contributed by atoms with E-state index in [1.807, 2.05) is 0 Å². The van der Waals surface area contributed by atoms with Crippen LogP contribution in [-0.2, 0) is 10.8 Å². The smallest absolute Gasteiger partial charge is 0.0159 e. The highest BCUT2D eigenvalue weighted by Gasteiger charge is 2.52. The Labute approximate surface area is 439 Å². The summed E-state index contributed by atoms with van der Waals surface area (Å²) >= 11 is 0. The molecule has 0 spiro atoms. The van der Waals surface area contributed by atoms with E-state index in [2.05, 4.69) is 258 Å². The first-order valence-corrected chi connectivity index (χ1v) is 27.1. The van der Waals surface area contributed by atoms with Crippen LogP contribution in [-0.4, -0.2) is 0 Å². The topological polar surface area (TPSA) is 0 Å². The molecule has 1 fully saturated rings. The SMILES string of the molecule is CC1(C)C2=C(c3ccccc31)C1CC1C(c1c3ccccc3c(-c3ccc4c(c3)C(C)(C)c3ccccc3-4)c3ccc(-c4ccc(-c5c6ccccc6c(-c6ccc7ccccc7c6)c6ccccc56)cc4)cc13)=C2. The van der Waals surface area contributed by atoms with E-state index in [1.54, 1.807) is 5.57 Å². The van der Waals surface area contributed by atoms with E-state index in [4.69, 9.17) is 0 Å². The Balaban J connectivity index is 0.893. The molecule has 16 rings (SSSR count). The summed E-state index contributed by atoms with van der Waals surface area (Å²) in [5.74, 6) is 1.03. The highest BCUT2D eigenvalue weighted by Crippen LogP contribution is 2.66. The van der Waals surface area contributed by atoms with Crippen molar-refractivity contribution in [1.82, 2.24) is 0 Å². The minimum atomic E-state index is -0.102. The van der Waals surface area contributed by atoms with Crippen molar-refractivity contribution in [2.45, 2.75) is 44.9 Å². The number of hydrogen-bond donors (Lipinski definition) is 0. The van der Waals surface area contributed by atoms with Gasteiger partial charge in [0.2, 0.25) is 0 Å². The second-order valence-corrected chi connectivity index (χ2v) is 23.0. The number of benzene rings is 12. The van der Waals surface area contributed by atoms with Crippen LogP contribution in [0.1, 0.15) is 61.9 Å². The van der Waals surface area contributed by atoms with Crippen molar-refractivity contribution in [1.29, 1.82) is 0 Å². The quantitative estimate of drug-likeness (QED) is 0.151. The van der Waals surface area contributed by atoms with Gasteiger partial charge < -0.3 is 0 Å². The van der Waals surface area contributed by atoms with Crippen molar-refractivity contribution in [2.75, 3.05) is 0 Å². The summed E-state index contributed by atoms with van der Waals surface area (Å²) < 4.78 is 0. The van der Waals surface area contributed by atoms with E-state index in [9.17, 15) is 0 Å². The standard InChI is InChI=1S/C75H54/c1-74(2)65-27-15-13-19-51(65)52-37-36-50(41-67(52)74)71-57-24-11-12-25-58(57)72(64-43-68-73(63-42-61(63)64)60-26-14-16-28-66(60)75(68,3)4)62-40-48(35-38-59(62)71)45-29-32-46(33-30-45)69-53-20-7-9-22-55(53)70(56-23-10-8-21-54(56)69)49-34-31-44-17-5-6-18-47(44)39-49/h5-41,43,61,63H,42H2,1-4H3. The molecule has 4 aliphatic rings. The van der Waals surface area contributed by atoms with E-state index < -0.39 is 0 Å². The molecule has 0 radical (unpaired) electrons. The number of fused-ring (bicyclic) bond motifs is 12. The van der Waals surface area contributed by atoms with Crippen LogP contribution in [0.5, 0.6) is 0 Å². The van der Waals surface area contributed by atoms with Crippen LogP contribution in [0.4, 0.5) is 0 Å². The Bertz CT molecular complexity index is 4490. The van der Waals surface area contributed by atoms with Gasteiger partial charge in [-0.1, -0.05) is 240 Å². The first-order chi connectivity index (χ1) is 36.7. The molecule has 0 bridgehead atoms. The van der Waals surface area contributed by atoms with Gasteiger partial charge in [-0.3, -0.25) is 0 Å². The van der Waals surface area contributed by atoms with Gasteiger partial charge in [0.15, 0.2) is 0 Å². The average molecular weight is 955 g/mol. The zero-order chi connectivity index (χ0) is 49.9. The molecule has 0 saturated heterocycles. The first kappa shape index (κ1) is 42.9. The minimum absolute atomic E-state index is 0.0641. The monoisotopic (exact) mass is 954 g/mol. The van der Waals surface area contributed by atoms with Crippen LogP contribution >= 0.6 is 0 Å². The molecular formula is C75H54. The van der Waals surface area contributed by atoms with Gasteiger partial charge in [0.1, 0.15) is 0 Å². The van der Waals surface area contributed by atoms with Gasteiger partial charge in [-0.05, 0) is 190 Å². The van der Waals surface area contributed by atoms with Crippen molar-refractivity contribution in [3.05, 3.63) is 264 Å². The molecule has 4 aliphatic carbocycles. The van der Waals surface area contributed by atoms with Gasteiger partial charge >= 0.3 is 0 Å². The lowest BCUT2D eigenvalue weighted by Gasteiger charge is -2.27. The van der Waals surface area contributed by atoms with E-state index in [0.717, 1.165) is 0 Å². The Morgan fingerprint density at radius 3 is 1.44 bits per heavy atom. The third-order valence-electron chi connectivity index (χ3n) is 18.4. The average Bonchev–Trinajstić information content (AvgIpc) is 4.34. The number of hydrogen-bond acceptors (Lipinski definition) is 0. The van der Waals surface area contributed by atoms with E-state index in [0.29, 0.717) is 11.8 Å². The Morgan fingerprint density at radius 2 is 0.773 bits per heavy atom. The van der Waals surface area contributed by atoms with Crippen LogP contribution in [0.25, 0.3) is 121 Å². The predicted molar refractivity (Wildman–Crippen MR) is 319 cm³/mol. The van der Waals surface area contributed by atoms with Crippen LogP contribution in [0.3, 0.4) is 0 Å². The van der Waals surface area contributed by atoms with Crippen molar-refractivity contribution in [3.63, 3.8) is 0 Å². The fourth-order valence-electron chi connectivity index (χ4n) is 14.7. The van der Waals surface area contributed by atoms with Gasteiger partial charge in [0.05, 0.1) is 0 Å². The van der Waals surface area contributed by atoms with Gasteiger partial charge in [0, 0.05) is 10.8 Å². The highest BCUT2D eigenvalue weighted by molar-refractivity contribution is 6.23. The fraction of sp³-hybridized carbons (Fsp3) is 0.120. The summed E-state index contributed by atoms with van der Waals surface area (Å²) in [5.41, 5.74) is 24.4. The summed E-state index contributed by atoms with van der Waals surface area (Å²) in [6.45, 7) is 9.70. The Hall–Kier alpha value is -8.58. The fourth-order valence-corrected chi connectivity index (χ4v) is 14.7. The second-order valence-electron chi connectivity index (χ2n) is 23.0. The highest BCUT2D eigenvalue weighted by atomic mass is 14.6. The van der Waals surface area contributed by atoms with E-state index in [1.165, 1.54) is 155 Å². The predicted octanol–water partition coefficient (Wildman–Crippen LogP) is 20.2. The van der Waals surface area contributed by atoms with Crippen LogP contribution in [0.15, 0.2) is 236 Å². The summed E-state index contributed by atoms with van der Waals surface area (Å²) in [6, 6.07) is 85.4. The molecule has 0 heteroatoms. The largest absolute Gasteiger partial charge is 0.0619 e. The molecule has 0 N–H and O–H groups in total. The molecule has 354 valence electrons. The summed E-state index contributed by atoms with van der Waals surface area (Å²) in [5, 5.41) is 12.9. The number of allylic oxidation sites excluding steroid dienone is 4. The van der Waals surface area contributed by atoms with Gasteiger partial charge in [-0.2, -0.15) is 0 Å². The van der Waals surface area contributed by atoms with Crippen LogP contribution in [0, 0.1) is 11.8 Å². The lowest BCUT2D eigenvalue weighted by Crippen LogP contribution is -2.17. The molecule has 75 heavy (non-hydrogen) atoms. The maximum atomic E-state index is 2.65. The van der Waals surface area contributed by atoms with Crippen molar-refractivity contribution in [2.24, 2.45) is 11.8 Å². The van der Waals surface area contributed by atoms with E-state index in [-0.39, 0.29) is 10.8 Å². The zero-order valence-electron chi connectivity index (χ0n) is 42.8. The maximum absolute atomic E-state index is 2.65. The second kappa shape index (κ2) is 15.5. The minimum Gasteiger partial charge on any atom is -0.0619 e. The molecule has 0 heterocycles. The molecule has 0 aromatic heterocycles. The van der Waals surface area contributed by atoms with Crippen molar-refractivity contribution >= 4 is 65.0 Å². The molecule has 2 atom stereocenters. The lowest BCUT2D eigenvalue weighted by molar-refractivity contribution is 0.651. The van der Waals surface area contributed by atoms with Gasteiger partial charge in [-0.25, -0.2) is 0 Å². The third kappa shape index (κ3) is 6.06. The van der Waals surface area contributed by atoms with Crippen LogP contribution < -0.4 is 0 Å². The third-order valence-corrected chi connectivity index (χ3v) is 18.4. The lowest BCUT2D eigenvalue weighted by atomic mass is 9.76. The van der Waals surface area contributed by atoms with Crippen LogP contribution in [0.2, 0.25) is 0 Å². The zero-order valence-corrected chi connectivity index (χ0v) is 42.8. The normalized spacial score (nSPS) is 17.5. The van der Waals surface area contributed by atoms with E-state index >= 15 is 0 Å².